The fourth-order valence-electron chi connectivity index (χ4n) is 5.69. The molecule has 0 bridgehead atoms. The van der Waals surface area contributed by atoms with Gasteiger partial charge in [-0.25, -0.2) is 17.6 Å². The Morgan fingerprint density at radius 3 is 1.97 bits per heavy atom. The summed E-state index contributed by atoms with van der Waals surface area (Å²) in [5.41, 5.74) is -0.0402. The monoisotopic (exact) mass is 474 g/mol. The first-order valence-corrected chi connectivity index (χ1v) is 12.6. The molecular formula is C29H34F4O. The molecule has 1 aliphatic heterocycles. The Morgan fingerprint density at radius 1 is 0.794 bits per heavy atom. The molecule has 2 atom stereocenters. The molecule has 34 heavy (non-hydrogen) atoms. The van der Waals surface area contributed by atoms with Crippen LogP contribution in [0.2, 0.25) is 0 Å². The molecule has 2 unspecified atom stereocenters. The van der Waals surface area contributed by atoms with Gasteiger partial charge in [0.05, 0.1) is 12.7 Å². The summed E-state index contributed by atoms with van der Waals surface area (Å²) in [6.07, 6.45) is 10.7. The highest BCUT2D eigenvalue weighted by Crippen LogP contribution is 2.41. The molecule has 1 saturated carbocycles. The second-order valence-electron chi connectivity index (χ2n) is 9.85. The van der Waals surface area contributed by atoms with Gasteiger partial charge in [-0.1, -0.05) is 49.8 Å². The zero-order chi connectivity index (χ0) is 24.2. The summed E-state index contributed by atoms with van der Waals surface area (Å²) >= 11 is 0. The van der Waals surface area contributed by atoms with E-state index in [9.17, 15) is 0 Å². The van der Waals surface area contributed by atoms with E-state index >= 15 is 17.6 Å². The van der Waals surface area contributed by atoms with Gasteiger partial charge in [0.1, 0.15) is 0 Å². The number of allylic oxidation sites excluding steroid dienone is 2. The Morgan fingerprint density at radius 2 is 1.41 bits per heavy atom. The average Bonchev–Trinajstić information content (AvgIpc) is 2.85. The number of rotatable bonds is 6. The van der Waals surface area contributed by atoms with Crippen molar-refractivity contribution >= 4 is 0 Å². The maximum Gasteiger partial charge on any atom is 0.167 e. The number of hydrogen-bond acceptors (Lipinski definition) is 1. The molecule has 0 aromatic heterocycles. The number of hydrogen-bond donors (Lipinski definition) is 0. The van der Waals surface area contributed by atoms with E-state index in [1.54, 1.807) is 0 Å². The van der Waals surface area contributed by atoms with Crippen LogP contribution < -0.4 is 0 Å². The van der Waals surface area contributed by atoms with Crippen LogP contribution in [-0.4, -0.2) is 6.61 Å². The molecule has 184 valence electrons. The van der Waals surface area contributed by atoms with Crippen LogP contribution in [0.5, 0.6) is 0 Å². The summed E-state index contributed by atoms with van der Waals surface area (Å²) in [5.74, 6) is -3.40. The molecule has 1 saturated heterocycles. The number of ether oxygens (including phenoxy) is 1. The van der Waals surface area contributed by atoms with Gasteiger partial charge in [0.25, 0.3) is 0 Å². The van der Waals surface area contributed by atoms with Crippen LogP contribution in [0.15, 0.2) is 36.4 Å². The standard InChI is InChI=1S/C29H34F4O/c1-3-5-18-7-10-20(11-8-18)21-12-13-22(27(31)26(21)30)23-14-15-24(29(33)28(23)32)25-16-9-19(6-4-2)17-34-25/h3,5,12-15,18-20,25H,4,6-11,16-17H2,1-2H3/b5-3+. The quantitative estimate of drug-likeness (QED) is 0.300. The molecule has 1 aliphatic carbocycles. The van der Waals surface area contributed by atoms with Crippen molar-refractivity contribution in [3.8, 4) is 11.1 Å². The first-order valence-electron chi connectivity index (χ1n) is 12.6. The third-order valence-corrected chi connectivity index (χ3v) is 7.60. The minimum absolute atomic E-state index is 0.0611. The summed E-state index contributed by atoms with van der Waals surface area (Å²) in [5, 5.41) is 0. The van der Waals surface area contributed by atoms with Crippen molar-refractivity contribution in [1.82, 2.24) is 0 Å². The van der Waals surface area contributed by atoms with E-state index in [1.807, 2.05) is 13.0 Å². The van der Waals surface area contributed by atoms with Crippen LogP contribution in [0.3, 0.4) is 0 Å². The Hall–Kier alpha value is -2.14. The SMILES string of the molecule is C/C=C/C1CCC(c2ccc(-c3ccc(C4CCC(CCC)CO4)c(F)c3F)c(F)c2F)CC1. The second-order valence-corrected chi connectivity index (χ2v) is 9.85. The van der Waals surface area contributed by atoms with E-state index in [-0.39, 0.29) is 22.6 Å². The van der Waals surface area contributed by atoms with E-state index in [2.05, 4.69) is 13.0 Å². The van der Waals surface area contributed by atoms with E-state index < -0.39 is 29.4 Å². The molecule has 0 amide bonds. The van der Waals surface area contributed by atoms with Gasteiger partial charge in [-0.05, 0) is 75.2 Å². The lowest BCUT2D eigenvalue weighted by Crippen LogP contribution is -2.21. The van der Waals surface area contributed by atoms with Crippen molar-refractivity contribution in [2.75, 3.05) is 6.61 Å². The molecule has 0 radical (unpaired) electrons. The Bertz CT molecular complexity index is 1020. The first kappa shape index (κ1) is 25.0. The lowest BCUT2D eigenvalue weighted by molar-refractivity contribution is -0.0214. The summed E-state index contributed by atoms with van der Waals surface area (Å²) in [7, 11) is 0. The van der Waals surface area contributed by atoms with Crippen molar-refractivity contribution in [2.24, 2.45) is 11.8 Å². The normalized spacial score (nSPS) is 25.7. The maximum absolute atomic E-state index is 15.1. The predicted octanol–water partition coefficient (Wildman–Crippen LogP) is 9.03. The zero-order valence-corrected chi connectivity index (χ0v) is 20.1. The lowest BCUT2D eigenvalue weighted by Gasteiger charge is -2.29. The van der Waals surface area contributed by atoms with Crippen LogP contribution in [0.4, 0.5) is 17.6 Å². The molecule has 2 aromatic rings. The van der Waals surface area contributed by atoms with Crippen LogP contribution >= 0.6 is 0 Å². The van der Waals surface area contributed by atoms with Crippen molar-refractivity contribution in [3.05, 3.63) is 70.8 Å². The summed E-state index contributed by atoms with van der Waals surface area (Å²) in [6, 6.07) is 5.72. The molecule has 1 heterocycles. The fraction of sp³-hybridized carbons (Fsp3) is 0.517. The van der Waals surface area contributed by atoms with Crippen LogP contribution in [0.25, 0.3) is 11.1 Å². The Kier molecular flexibility index (Phi) is 8.13. The summed E-state index contributed by atoms with van der Waals surface area (Å²) < 4.78 is 66.0. The van der Waals surface area contributed by atoms with Crippen molar-refractivity contribution < 1.29 is 22.3 Å². The first-order chi connectivity index (χ1) is 16.4. The molecule has 2 fully saturated rings. The van der Waals surface area contributed by atoms with Gasteiger partial charge in [0.15, 0.2) is 23.3 Å². The van der Waals surface area contributed by atoms with Gasteiger partial charge in [-0.15, -0.1) is 0 Å². The molecule has 4 rings (SSSR count). The number of halogens is 4. The fourth-order valence-corrected chi connectivity index (χ4v) is 5.69. The molecule has 2 aromatic carbocycles. The van der Waals surface area contributed by atoms with Gasteiger partial charge in [0, 0.05) is 16.7 Å². The highest BCUT2D eigenvalue weighted by molar-refractivity contribution is 5.66. The Balaban J connectivity index is 1.54. The average molecular weight is 475 g/mol. The van der Waals surface area contributed by atoms with Gasteiger partial charge in [0.2, 0.25) is 0 Å². The van der Waals surface area contributed by atoms with Crippen LogP contribution in [0, 0.1) is 35.1 Å². The van der Waals surface area contributed by atoms with Crippen molar-refractivity contribution in [1.29, 1.82) is 0 Å². The second kappa shape index (κ2) is 11.1. The van der Waals surface area contributed by atoms with Gasteiger partial charge in [-0.2, -0.15) is 0 Å². The summed E-state index contributed by atoms with van der Waals surface area (Å²) in [6.45, 7) is 4.63. The van der Waals surface area contributed by atoms with Crippen LogP contribution in [-0.2, 0) is 4.74 Å². The molecule has 1 nitrogen and oxygen atoms in total. The van der Waals surface area contributed by atoms with E-state index in [0.717, 1.165) is 44.9 Å². The van der Waals surface area contributed by atoms with Gasteiger partial charge >= 0.3 is 0 Å². The van der Waals surface area contributed by atoms with Gasteiger partial charge in [-0.3, -0.25) is 0 Å². The largest absolute Gasteiger partial charge is 0.373 e. The zero-order valence-electron chi connectivity index (χ0n) is 20.1. The molecule has 0 N–H and O–H groups in total. The lowest BCUT2D eigenvalue weighted by atomic mass is 9.78. The number of benzene rings is 2. The third kappa shape index (κ3) is 5.10. The van der Waals surface area contributed by atoms with E-state index in [1.165, 1.54) is 24.3 Å². The molecule has 0 spiro atoms. The van der Waals surface area contributed by atoms with Crippen LogP contribution in [0.1, 0.15) is 88.4 Å². The molecule has 5 heteroatoms. The molecule has 2 aliphatic rings. The smallest absolute Gasteiger partial charge is 0.167 e. The summed E-state index contributed by atoms with van der Waals surface area (Å²) in [4.78, 5) is 0. The minimum Gasteiger partial charge on any atom is -0.373 e. The highest BCUT2D eigenvalue weighted by atomic mass is 19.2. The topological polar surface area (TPSA) is 9.23 Å². The van der Waals surface area contributed by atoms with E-state index in [4.69, 9.17) is 4.74 Å². The van der Waals surface area contributed by atoms with Crippen molar-refractivity contribution in [2.45, 2.75) is 77.2 Å². The predicted molar refractivity (Wildman–Crippen MR) is 128 cm³/mol. The molecular weight excluding hydrogens is 440 g/mol. The minimum atomic E-state index is -1.16. The van der Waals surface area contributed by atoms with Gasteiger partial charge < -0.3 is 4.74 Å². The van der Waals surface area contributed by atoms with Crippen molar-refractivity contribution in [3.63, 3.8) is 0 Å². The third-order valence-electron chi connectivity index (χ3n) is 7.60. The highest BCUT2D eigenvalue weighted by Gasteiger charge is 2.29. The van der Waals surface area contributed by atoms with E-state index in [0.29, 0.717) is 30.4 Å². The maximum atomic E-state index is 15.1. The Labute approximate surface area is 200 Å².